The largest absolute Gasteiger partial charge is 0.756 e. The molecule has 0 aliphatic rings. The molecule has 2 atom stereocenters. The summed E-state index contributed by atoms with van der Waals surface area (Å²) in [4.78, 5) is 23.3. The molecule has 0 aromatic heterocycles. The molecule has 1 unspecified atom stereocenters. The summed E-state index contributed by atoms with van der Waals surface area (Å²) in [6, 6.07) is 0. The lowest BCUT2D eigenvalue weighted by molar-refractivity contribution is -0.870. The number of phosphoric ester groups is 1. The van der Waals surface area contributed by atoms with Crippen molar-refractivity contribution >= 4 is 26.4 Å². The minimum absolute atomic E-state index is 0.0240. The molecule has 216 valence electrons. The van der Waals surface area contributed by atoms with E-state index in [0.717, 1.165) is 18.6 Å². The van der Waals surface area contributed by atoms with E-state index in [1.807, 2.05) is 21.1 Å². The molecule has 0 amide bonds. The van der Waals surface area contributed by atoms with E-state index < -0.39 is 19.9 Å². The fourth-order valence-electron chi connectivity index (χ4n) is 3.64. The highest BCUT2D eigenvalue weighted by atomic mass is 32.1. The number of likely N-dealkylation sites (N-methyl/N-ethyl adjacent to an activating group) is 1. The lowest BCUT2D eigenvalue weighted by Crippen LogP contribution is -2.37. The van der Waals surface area contributed by atoms with Gasteiger partial charge in [-0.1, -0.05) is 77.0 Å². The number of hydrogen-bond acceptors (Lipinski definition) is 8. The van der Waals surface area contributed by atoms with Crippen LogP contribution in [0, 0.1) is 0 Å². The minimum atomic E-state index is -4.46. The topological polar surface area (TPSA) is 94.1 Å². The average molecular weight is 556 g/mol. The van der Waals surface area contributed by atoms with Gasteiger partial charge in [0.1, 0.15) is 19.3 Å². The van der Waals surface area contributed by atoms with Gasteiger partial charge in [-0.15, -0.1) is 0 Å². The van der Waals surface area contributed by atoms with Crippen LogP contribution in [0.25, 0.3) is 0 Å². The molecule has 0 aromatic rings. The number of phosphoric acid groups is 1. The van der Waals surface area contributed by atoms with Gasteiger partial charge in [-0.2, -0.15) is 12.6 Å². The van der Waals surface area contributed by atoms with E-state index in [2.05, 4.69) is 12.6 Å². The monoisotopic (exact) mass is 555 g/mol. The molecule has 0 radical (unpaired) electrons. The summed E-state index contributed by atoms with van der Waals surface area (Å²) in [7, 11) is 1.34. The van der Waals surface area contributed by atoms with E-state index in [1.165, 1.54) is 84.0 Å². The lowest BCUT2D eigenvalue weighted by Gasteiger charge is -2.28. The molecular weight excluding hydrogens is 501 g/mol. The molecular formula is C26H54NO7PS. The molecule has 0 saturated carbocycles. The Bertz CT molecular complexity index is 575. The Hall–Kier alpha value is -0.150. The van der Waals surface area contributed by atoms with Crippen LogP contribution in [0.15, 0.2) is 0 Å². The molecule has 0 N–H and O–H groups in total. The lowest BCUT2D eigenvalue weighted by atomic mass is 10.0. The van der Waals surface area contributed by atoms with Crippen molar-refractivity contribution in [2.24, 2.45) is 0 Å². The van der Waals surface area contributed by atoms with E-state index in [-0.39, 0.29) is 19.8 Å². The Balaban J connectivity index is 3.74. The maximum atomic E-state index is 11.9. The standard InChI is InChI=1S/C26H54NO7PS/c1-25(28)34-26(24-33-35(29,30)32-21-19-27(2,3)4)23-31-20-17-15-13-11-9-7-5-6-8-10-12-14-16-18-22-36/h26H,5-24H2,1-4H3,(H-,29,30,36)/t26-/m1/s1. The van der Waals surface area contributed by atoms with Gasteiger partial charge in [-0.25, -0.2) is 0 Å². The molecule has 0 saturated heterocycles. The number of quaternary nitrogens is 1. The van der Waals surface area contributed by atoms with Gasteiger partial charge in [0.15, 0.2) is 0 Å². The first-order valence-electron chi connectivity index (χ1n) is 13.8. The predicted octanol–water partition coefficient (Wildman–Crippen LogP) is 5.53. The highest BCUT2D eigenvalue weighted by Crippen LogP contribution is 2.38. The number of hydrogen-bond donors (Lipinski definition) is 1. The zero-order valence-corrected chi connectivity index (χ0v) is 25.2. The van der Waals surface area contributed by atoms with Crippen molar-refractivity contribution in [2.45, 2.75) is 103 Å². The maximum absolute atomic E-state index is 11.9. The van der Waals surface area contributed by atoms with E-state index in [1.54, 1.807) is 0 Å². The molecule has 0 bridgehead atoms. The van der Waals surface area contributed by atoms with Gasteiger partial charge in [0, 0.05) is 13.5 Å². The Morgan fingerprint density at radius 2 is 1.25 bits per heavy atom. The number of rotatable bonds is 26. The molecule has 0 heterocycles. The number of nitrogens with zero attached hydrogens (tertiary/aromatic N) is 1. The molecule has 0 aromatic carbocycles. The number of ether oxygens (including phenoxy) is 2. The number of esters is 1. The van der Waals surface area contributed by atoms with Crippen LogP contribution in [-0.2, 0) is 27.9 Å². The summed E-state index contributed by atoms with van der Waals surface area (Å²) in [5, 5.41) is 0. The van der Waals surface area contributed by atoms with Gasteiger partial charge >= 0.3 is 5.97 Å². The Kier molecular flexibility index (Phi) is 22.7. The highest BCUT2D eigenvalue weighted by Gasteiger charge is 2.19. The predicted molar refractivity (Wildman–Crippen MR) is 147 cm³/mol. The van der Waals surface area contributed by atoms with Gasteiger partial charge in [0.2, 0.25) is 0 Å². The van der Waals surface area contributed by atoms with Crippen LogP contribution in [0.4, 0.5) is 0 Å². The SMILES string of the molecule is CC(=O)O[C@H](COCCCCCCCCCCCCCCCCS)COP(=O)([O-])OCC[N+](C)(C)C. The van der Waals surface area contributed by atoms with Crippen molar-refractivity contribution in [3.8, 4) is 0 Å². The molecule has 0 spiro atoms. The third-order valence-electron chi connectivity index (χ3n) is 5.76. The maximum Gasteiger partial charge on any atom is 0.303 e. The molecule has 10 heteroatoms. The Labute approximate surface area is 226 Å². The second kappa shape index (κ2) is 22.8. The van der Waals surface area contributed by atoms with Crippen molar-refractivity contribution in [1.29, 1.82) is 0 Å². The Morgan fingerprint density at radius 3 is 1.69 bits per heavy atom. The number of carbonyl (C=O) groups excluding carboxylic acids is 1. The summed E-state index contributed by atoms with van der Waals surface area (Å²) < 4.78 is 33.0. The first kappa shape index (κ1) is 35.9. The Morgan fingerprint density at radius 1 is 0.778 bits per heavy atom. The second-order valence-corrected chi connectivity index (χ2v) is 12.4. The fourth-order valence-corrected chi connectivity index (χ4v) is 4.59. The van der Waals surface area contributed by atoms with E-state index in [9.17, 15) is 14.3 Å². The van der Waals surface area contributed by atoms with Crippen molar-refractivity contribution in [1.82, 2.24) is 0 Å². The summed E-state index contributed by atoms with van der Waals surface area (Å²) in [5.41, 5.74) is 0. The minimum Gasteiger partial charge on any atom is -0.756 e. The van der Waals surface area contributed by atoms with Crippen LogP contribution in [0.2, 0.25) is 0 Å². The molecule has 0 rings (SSSR count). The third kappa shape index (κ3) is 26.9. The molecule has 0 aliphatic heterocycles. The van der Waals surface area contributed by atoms with Crippen LogP contribution in [-0.4, -0.2) is 76.4 Å². The van der Waals surface area contributed by atoms with Gasteiger partial charge in [0.25, 0.3) is 7.82 Å². The highest BCUT2D eigenvalue weighted by molar-refractivity contribution is 7.80. The normalized spacial score (nSPS) is 14.5. The summed E-state index contributed by atoms with van der Waals surface area (Å²) >= 11 is 4.25. The van der Waals surface area contributed by atoms with Crippen molar-refractivity contribution < 1.29 is 37.3 Å². The second-order valence-electron chi connectivity index (χ2n) is 10.6. The number of unbranched alkanes of at least 4 members (excludes halogenated alkanes) is 13. The van der Waals surface area contributed by atoms with Crippen LogP contribution >= 0.6 is 20.5 Å². The summed E-state index contributed by atoms with van der Waals surface area (Å²) in [6.07, 6.45) is 17.0. The molecule has 0 fully saturated rings. The van der Waals surface area contributed by atoms with Crippen molar-refractivity contribution in [3.05, 3.63) is 0 Å². The van der Waals surface area contributed by atoms with Crippen LogP contribution < -0.4 is 4.89 Å². The van der Waals surface area contributed by atoms with Crippen LogP contribution in [0.3, 0.4) is 0 Å². The van der Waals surface area contributed by atoms with Crippen molar-refractivity contribution in [2.75, 3.05) is 59.9 Å². The smallest absolute Gasteiger partial charge is 0.303 e. The number of thiol groups is 1. The van der Waals surface area contributed by atoms with Crippen molar-refractivity contribution in [3.63, 3.8) is 0 Å². The third-order valence-corrected chi connectivity index (χ3v) is 7.04. The zero-order valence-electron chi connectivity index (χ0n) is 23.4. The van der Waals surface area contributed by atoms with Gasteiger partial charge in [0.05, 0.1) is 34.4 Å². The fraction of sp³-hybridized carbons (Fsp3) is 0.962. The van der Waals surface area contributed by atoms with Gasteiger partial charge < -0.3 is 27.9 Å². The quantitative estimate of drug-likeness (QED) is 0.0493. The van der Waals surface area contributed by atoms with E-state index >= 15 is 0 Å². The molecule has 0 aliphatic carbocycles. The molecule has 8 nitrogen and oxygen atoms in total. The average Bonchev–Trinajstić information content (AvgIpc) is 2.78. The summed E-state index contributed by atoms with van der Waals surface area (Å²) in [5.74, 6) is 0.504. The first-order valence-corrected chi connectivity index (χ1v) is 15.9. The van der Waals surface area contributed by atoms with Gasteiger partial charge in [-0.3, -0.25) is 9.36 Å². The van der Waals surface area contributed by atoms with Crippen LogP contribution in [0.1, 0.15) is 96.8 Å². The zero-order chi connectivity index (χ0) is 27.1. The van der Waals surface area contributed by atoms with Crippen LogP contribution in [0.5, 0.6) is 0 Å². The summed E-state index contributed by atoms with van der Waals surface area (Å²) in [6.45, 7) is 2.13. The first-order chi connectivity index (χ1) is 17.1. The number of carbonyl (C=O) groups is 1. The van der Waals surface area contributed by atoms with Gasteiger partial charge in [-0.05, 0) is 18.6 Å². The molecule has 36 heavy (non-hydrogen) atoms. The van der Waals surface area contributed by atoms with E-state index in [4.69, 9.17) is 18.5 Å². The van der Waals surface area contributed by atoms with E-state index in [0.29, 0.717) is 17.6 Å².